The van der Waals surface area contributed by atoms with Crippen molar-refractivity contribution in [3.05, 3.63) is 132 Å². The van der Waals surface area contributed by atoms with E-state index in [0.29, 0.717) is 0 Å². The monoisotopic (exact) mass is 516 g/mol. The van der Waals surface area contributed by atoms with Gasteiger partial charge in [-0.1, -0.05) is 96.5 Å². The largest absolute Gasteiger partial charge is 0.309 e. The van der Waals surface area contributed by atoms with Crippen molar-refractivity contribution in [3.8, 4) is 16.8 Å². The summed E-state index contributed by atoms with van der Waals surface area (Å²) in [5.41, 5.74) is 9.53. The fourth-order valence-corrected chi connectivity index (χ4v) is 6.99. The summed E-state index contributed by atoms with van der Waals surface area (Å²) in [7, 11) is 0. The van der Waals surface area contributed by atoms with E-state index in [0.717, 1.165) is 16.1 Å². The van der Waals surface area contributed by atoms with Crippen molar-refractivity contribution in [1.29, 1.82) is 0 Å². The number of aromatic nitrogens is 2. The lowest BCUT2D eigenvalue weighted by atomic mass is 10.0. The summed E-state index contributed by atoms with van der Waals surface area (Å²) in [5.74, 6) is 0. The molecule has 3 heterocycles. The van der Waals surface area contributed by atoms with Crippen molar-refractivity contribution in [2.45, 2.75) is 0 Å². The van der Waals surface area contributed by atoms with E-state index in [2.05, 4.69) is 136 Å². The maximum Gasteiger partial charge on any atom is 0.0634 e. The molecule has 6 aromatic carbocycles. The van der Waals surface area contributed by atoms with E-state index in [9.17, 15) is 0 Å². The second kappa shape index (κ2) is 7.63. The number of rotatable bonds is 2. The van der Waals surface area contributed by atoms with Crippen LogP contribution in [0.2, 0.25) is 5.02 Å². The van der Waals surface area contributed by atoms with E-state index < -0.39 is 0 Å². The number of halogens is 1. The SMILES string of the molecule is Clc1ccc2c3ccccc3n3c4cccc5c4c4c(cccc4n5-c4ccc(-c5ccccc5)cc4)c1c23. The van der Waals surface area contributed by atoms with Crippen LogP contribution in [0.1, 0.15) is 0 Å². The Morgan fingerprint density at radius 2 is 1.05 bits per heavy atom. The van der Waals surface area contributed by atoms with E-state index in [1.165, 1.54) is 65.6 Å². The molecular weight excluding hydrogens is 496 g/mol. The maximum atomic E-state index is 7.05. The molecular formula is C36H21ClN2. The summed E-state index contributed by atoms with van der Waals surface area (Å²) in [5, 5.41) is 8.04. The van der Waals surface area contributed by atoms with Crippen LogP contribution in [0, 0.1) is 0 Å². The van der Waals surface area contributed by atoms with E-state index in [-0.39, 0.29) is 0 Å². The summed E-state index contributed by atoms with van der Waals surface area (Å²) in [6, 6.07) is 45.7. The van der Waals surface area contributed by atoms with Crippen LogP contribution in [0.4, 0.5) is 0 Å². The van der Waals surface area contributed by atoms with Crippen LogP contribution in [-0.4, -0.2) is 8.97 Å². The van der Waals surface area contributed by atoms with Crippen LogP contribution in [0.5, 0.6) is 0 Å². The zero-order valence-corrected chi connectivity index (χ0v) is 21.7. The fraction of sp³-hybridized carbons (Fsp3) is 0. The van der Waals surface area contributed by atoms with Gasteiger partial charge in [-0.05, 0) is 59.0 Å². The Bertz CT molecular complexity index is 2370. The number of para-hydroxylation sites is 1. The minimum absolute atomic E-state index is 0.778. The van der Waals surface area contributed by atoms with Gasteiger partial charge in [0.2, 0.25) is 0 Å². The van der Waals surface area contributed by atoms with Gasteiger partial charge in [-0.15, -0.1) is 0 Å². The van der Waals surface area contributed by atoms with E-state index >= 15 is 0 Å². The minimum Gasteiger partial charge on any atom is -0.309 e. The molecule has 39 heavy (non-hydrogen) atoms. The summed E-state index contributed by atoms with van der Waals surface area (Å²) in [6.45, 7) is 0. The Balaban J connectivity index is 1.49. The second-order valence-corrected chi connectivity index (χ2v) is 10.7. The van der Waals surface area contributed by atoms with Gasteiger partial charge in [0.15, 0.2) is 0 Å². The first kappa shape index (κ1) is 21.2. The highest BCUT2D eigenvalue weighted by Gasteiger charge is 2.22. The van der Waals surface area contributed by atoms with Crippen molar-refractivity contribution in [2.24, 2.45) is 0 Å². The standard InChI is InChI=1S/C36H21ClN2/c37-28-21-20-26-25-10-4-5-12-29(25)39-32-15-7-14-31-35(32)34-27(33(28)36(26)39)11-6-13-30(34)38(31)24-18-16-23(17-19-24)22-8-2-1-3-9-22/h1-21H. The molecule has 0 amide bonds. The van der Waals surface area contributed by atoms with Crippen LogP contribution in [0.25, 0.3) is 76.7 Å². The number of fused-ring (bicyclic) bond motifs is 5. The van der Waals surface area contributed by atoms with Crippen molar-refractivity contribution in [1.82, 2.24) is 8.97 Å². The molecule has 0 radical (unpaired) electrons. The predicted octanol–water partition coefficient (Wildman–Crippen LogP) is 10.3. The molecule has 9 aromatic rings. The molecule has 2 nitrogen and oxygen atoms in total. The third-order valence-corrected chi connectivity index (χ3v) is 8.64. The number of hydrogen-bond acceptors (Lipinski definition) is 0. The third kappa shape index (κ3) is 2.71. The molecule has 0 spiro atoms. The van der Waals surface area contributed by atoms with E-state index in [1.807, 2.05) is 0 Å². The van der Waals surface area contributed by atoms with E-state index in [1.54, 1.807) is 0 Å². The van der Waals surface area contributed by atoms with Gasteiger partial charge >= 0.3 is 0 Å². The summed E-state index contributed by atoms with van der Waals surface area (Å²) in [4.78, 5) is 0. The normalized spacial score (nSPS) is 12.2. The topological polar surface area (TPSA) is 9.34 Å². The van der Waals surface area contributed by atoms with Crippen LogP contribution < -0.4 is 0 Å². The van der Waals surface area contributed by atoms with Crippen LogP contribution in [0.15, 0.2) is 127 Å². The first-order chi connectivity index (χ1) is 19.3. The molecule has 0 fully saturated rings. The maximum absolute atomic E-state index is 7.05. The van der Waals surface area contributed by atoms with Crippen molar-refractivity contribution in [3.63, 3.8) is 0 Å². The van der Waals surface area contributed by atoms with Gasteiger partial charge in [0.05, 0.1) is 32.6 Å². The first-order valence-corrected chi connectivity index (χ1v) is 13.6. The lowest BCUT2D eigenvalue weighted by Gasteiger charge is -2.10. The van der Waals surface area contributed by atoms with Gasteiger partial charge in [0.25, 0.3) is 0 Å². The summed E-state index contributed by atoms with van der Waals surface area (Å²) < 4.78 is 4.83. The Hall–Kier alpha value is -4.79. The quantitative estimate of drug-likeness (QED) is 0.216. The van der Waals surface area contributed by atoms with Crippen molar-refractivity contribution >= 4 is 71.5 Å². The zero-order valence-electron chi connectivity index (χ0n) is 20.9. The lowest BCUT2D eigenvalue weighted by Crippen LogP contribution is -1.94. The molecule has 9 rings (SSSR count). The lowest BCUT2D eigenvalue weighted by molar-refractivity contribution is 1.18. The van der Waals surface area contributed by atoms with Gasteiger partial charge in [0, 0.05) is 32.6 Å². The number of nitrogens with zero attached hydrogens (tertiary/aromatic N) is 2. The highest BCUT2D eigenvalue weighted by atomic mass is 35.5. The molecule has 0 unspecified atom stereocenters. The number of hydrogen-bond donors (Lipinski definition) is 0. The highest BCUT2D eigenvalue weighted by Crippen LogP contribution is 2.45. The average molecular weight is 517 g/mol. The van der Waals surface area contributed by atoms with Crippen LogP contribution in [-0.2, 0) is 0 Å². The van der Waals surface area contributed by atoms with Crippen molar-refractivity contribution < 1.29 is 0 Å². The van der Waals surface area contributed by atoms with Gasteiger partial charge in [-0.25, -0.2) is 0 Å². The van der Waals surface area contributed by atoms with E-state index in [4.69, 9.17) is 11.6 Å². The van der Waals surface area contributed by atoms with Crippen LogP contribution >= 0.6 is 11.6 Å². The molecule has 0 aliphatic carbocycles. The van der Waals surface area contributed by atoms with Crippen molar-refractivity contribution in [2.75, 3.05) is 0 Å². The zero-order chi connectivity index (χ0) is 25.7. The molecule has 182 valence electrons. The molecule has 3 aromatic heterocycles. The van der Waals surface area contributed by atoms with Gasteiger partial charge in [0.1, 0.15) is 0 Å². The minimum atomic E-state index is 0.778. The van der Waals surface area contributed by atoms with Gasteiger partial charge < -0.3 is 8.97 Å². The van der Waals surface area contributed by atoms with Gasteiger partial charge in [-0.2, -0.15) is 0 Å². The molecule has 0 aliphatic heterocycles. The molecule has 0 saturated heterocycles. The molecule has 0 aliphatic rings. The Labute approximate surface area is 229 Å². The molecule has 0 N–H and O–H groups in total. The fourth-order valence-electron chi connectivity index (χ4n) is 6.74. The molecule has 0 bridgehead atoms. The smallest absolute Gasteiger partial charge is 0.0634 e. The molecule has 0 atom stereocenters. The summed E-state index contributed by atoms with van der Waals surface area (Å²) >= 11 is 7.05. The Kier molecular flexibility index (Phi) is 4.14. The second-order valence-electron chi connectivity index (χ2n) is 10.3. The third-order valence-electron chi connectivity index (χ3n) is 8.32. The predicted molar refractivity (Wildman–Crippen MR) is 166 cm³/mol. The Morgan fingerprint density at radius 3 is 1.90 bits per heavy atom. The number of benzene rings is 6. The average Bonchev–Trinajstić information content (AvgIpc) is 3.46. The highest BCUT2D eigenvalue weighted by molar-refractivity contribution is 6.41. The molecule has 3 heteroatoms. The van der Waals surface area contributed by atoms with Gasteiger partial charge in [-0.3, -0.25) is 0 Å². The molecule has 0 saturated carbocycles. The first-order valence-electron chi connectivity index (χ1n) is 13.2. The Morgan fingerprint density at radius 1 is 0.410 bits per heavy atom. The summed E-state index contributed by atoms with van der Waals surface area (Å²) in [6.07, 6.45) is 0. The van der Waals surface area contributed by atoms with Crippen LogP contribution in [0.3, 0.4) is 0 Å².